The van der Waals surface area contributed by atoms with Crippen LogP contribution in [-0.2, 0) is 6.42 Å². The number of nitriles is 1. The van der Waals surface area contributed by atoms with E-state index in [1.165, 1.54) is 10.8 Å². The molecular formula is C23H16FN9. The van der Waals surface area contributed by atoms with Gasteiger partial charge in [-0.1, -0.05) is 18.2 Å². The Morgan fingerprint density at radius 2 is 2.00 bits per heavy atom. The first-order valence-corrected chi connectivity index (χ1v) is 10.0. The van der Waals surface area contributed by atoms with Crippen molar-refractivity contribution in [2.24, 2.45) is 0 Å². The molecule has 0 radical (unpaired) electrons. The Morgan fingerprint density at radius 3 is 2.76 bits per heavy atom. The summed E-state index contributed by atoms with van der Waals surface area (Å²) in [5.41, 5.74) is 3.04. The highest BCUT2D eigenvalue weighted by molar-refractivity contribution is 5.89. The number of hydrogen-bond donors (Lipinski definition) is 1. The highest BCUT2D eigenvalue weighted by atomic mass is 19.1. The molecule has 0 fully saturated rings. The van der Waals surface area contributed by atoms with Gasteiger partial charge in [0.05, 0.1) is 35.5 Å². The van der Waals surface area contributed by atoms with Crippen LogP contribution in [0.2, 0.25) is 0 Å². The molecule has 0 unspecified atom stereocenters. The Hall–Kier alpha value is -4.78. The quantitative estimate of drug-likeness (QED) is 0.445. The smallest absolute Gasteiger partial charge is 0.226 e. The van der Waals surface area contributed by atoms with Gasteiger partial charge in [0.2, 0.25) is 5.95 Å². The number of nitrogens with one attached hydrogen (secondary N) is 1. The molecular weight excluding hydrogens is 421 g/mol. The largest absolute Gasteiger partial charge is 0.357 e. The van der Waals surface area contributed by atoms with Crippen molar-refractivity contribution in [3.05, 3.63) is 84.1 Å². The maximum atomic E-state index is 14.9. The van der Waals surface area contributed by atoms with Gasteiger partial charge < -0.3 is 5.32 Å². The predicted molar refractivity (Wildman–Crippen MR) is 119 cm³/mol. The third-order valence-electron chi connectivity index (χ3n) is 4.99. The monoisotopic (exact) mass is 437 g/mol. The van der Waals surface area contributed by atoms with Crippen molar-refractivity contribution in [1.82, 2.24) is 34.5 Å². The molecule has 5 rings (SSSR count). The molecule has 0 aliphatic carbocycles. The number of pyridine rings is 1. The van der Waals surface area contributed by atoms with Gasteiger partial charge >= 0.3 is 0 Å². The highest BCUT2D eigenvalue weighted by Gasteiger charge is 2.24. The number of rotatable bonds is 5. The zero-order chi connectivity index (χ0) is 22.8. The summed E-state index contributed by atoms with van der Waals surface area (Å²) in [6.07, 6.45) is 4.44. The topological polar surface area (TPSA) is 118 Å². The third-order valence-corrected chi connectivity index (χ3v) is 4.99. The molecule has 0 aliphatic heterocycles. The number of hydrogen-bond acceptors (Lipinski definition) is 8. The molecule has 9 nitrogen and oxygen atoms in total. The standard InChI is InChI=1S/C23H16FN9/c1-26-23-31-20(15-6-4-5-14(9-15)11-25)19(21-17(24)12-27-13-29-21)22-30-18(32-33(22)23)10-16-7-2-3-8-28-16/h2-9,12-13H,10H2,1H3,(H,26,31). The molecule has 0 atom stereocenters. The fourth-order valence-electron chi connectivity index (χ4n) is 3.54. The van der Waals surface area contributed by atoms with E-state index in [4.69, 9.17) is 9.97 Å². The minimum atomic E-state index is -0.620. The van der Waals surface area contributed by atoms with Crippen LogP contribution in [0.15, 0.2) is 61.2 Å². The summed E-state index contributed by atoms with van der Waals surface area (Å²) >= 11 is 0. The van der Waals surface area contributed by atoms with Crippen LogP contribution < -0.4 is 5.32 Å². The van der Waals surface area contributed by atoms with Crippen LogP contribution in [0.1, 0.15) is 17.1 Å². The Bertz CT molecular complexity index is 1510. The number of fused-ring (bicyclic) bond motifs is 1. The van der Waals surface area contributed by atoms with Gasteiger partial charge in [0, 0.05) is 24.5 Å². The Labute approximate surface area is 187 Å². The fraction of sp³-hybridized carbons (Fsp3) is 0.0870. The second-order valence-corrected chi connectivity index (χ2v) is 7.08. The molecule has 0 bridgehead atoms. The number of benzene rings is 1. The molecule has 0 amide bonds. The first-order chi connectivity index (χ1) is 16.2. The van der Waals surface area contributed by atoms with Gasteiger partial charge in [-0.15, -0.1) is 5.10 Å². The zero-order valence-corrected chi connectivity index (χ0v) is 17.4. The van der Waals surface area contributed by atoms with Crippen LogP contribution in [-0.4, -0.2) is 41.6 Å². The minimum Gasteiger partial charge on any atom is -0.357 e. The molecule has 0 saturated heterocycles. The van der Waals surface area contributed by atoms with Crippen molar-refractivity contribution in [2.75, 3.05) is 12.4 Å². The van der Waals surface area contributed by atoms with Crippen molar-refractivity contribution in [1.29, 1.82) is 5.26 Å². The van der Waals surface area contributed by atoms with Gasteiger partial charge in [0.1, 0.15) is 12.0 Å². The summed E-state index contributed by atoms with van der Waals surface area (Å²) in [5.74, 6) is 0.274. The predicted octanol–water partition coefficient (Wildman–Crippen LogP) is 3.29. The van der Waals surface area contributed by atoms with Crippen LogP contribution >= 0.6 is 0 Å². The van der Waals surface area contributed by atoms with E-state index in [0.717, 1.165) is 11.9 Å². The summed E-state index contributed by atoms with van der Waals surface area (Å²) in [4.78, 5) is 21.7. The summed E-state index contributed by atoms with van der Waals surface area (Å²) in [7, 11) is 1.71. The van der Waals surface area contributed by atoms with Crippen molar-refractivity contribution in [2.45, 2.75) is 6.42 Å². The van der Waals surface area contributed by atoms with Crippen LogP contribution in [0.25, 0.3) is 28.2 Å². The summed E-state index contributed by atoms with van der Waals surface area (Å²) < 4.78 is 16.4. The molecule has 10 heteroatoms. The van der Waals surface area contributed by atoms with E-state index in [0.29, 0.717) is 46.2 Å². The number of aromatic nitrogens is 7. The van der Waals surface area contributed by atoms with Crippen LogP contribution in [0.4, 0.5) is 10.3 Å². The zero-order valence-electron chi connectivity index (χ0n) is 17.4. The molecule has 33 heavy (non-hydrogen) atoms. The molecule has 160 valence electrons. The normalized spacial score (nSPS) is 10.8. The average molecular weight is 437 g/mol. The van der Waals surface area contributed by atoms with E-state index in [1.54, 1.807) is 37.5 Å². The van der Waals surface area contributed by atoms with Crippen molar-refractivity contribution in [3.8, 4) is 28.6 Å². The number of anilines is 1. The number of nitrogens with zero attached hydrogens (tertiary/aromatic N) is 8. The lowest BCUT2D eigenvalue weighted by Gasteiger charge is -2.13. The Kier molecular flexibility index (Phi) is 5.12. The molecule has 0 spiro atoms. The van der Waals surface area contributed by atoms with E-state index in [2.05, 4.69) is 31.4 Å². The summed E-state index contributed by atoms with van der Waals surface area (Å²) in [6, 6.07) is 14.6. The number of halogens is 1. The maximum absolute atomic E-state index is 14.9. The average Bonchev–Trinajstić information content (AvgIpc) is 3.27. The highest BCUT2D eigenvalue weighted by Crippen LogP contribution is 2.35. The first-order valence-electron chi connectivity index (χ1n) is 10.0. The molecule has 0 saturated carbocycles. The van der Waals surface area contributed by atoms with E-state index >= 15 is 0 Å². The van der Waals surface area contributed by atoms with Crippen LogP contribution in [0.3, 0.4) is 0 Å². The molecule has 1 aromatic carbocycles. The third kappa shape index (κ3) is 3.72. The lowest BCUT2D eigenvalue weighted by Crippen LogP contribution is -2.07. The molecule has 0 aliphatic rings. The van der Waals surface area contributed by atoms with E-state index in [1.807, 2.05) is 18.2 Å². The Balaban J connectivity index is 1.81. The van der Waals surface area contributed by atoms with E-state index in [9.17, 15) is 9.65 Å². The SMILES string of the molecule is CNc1nc(-c2cccc(C#N)c2)c(-c2ncncc2F)c2nc(Cc3ccccn3)nn12. The summed E-state index contributed by atoms with van der Waals surface area (Å²) in [6.45, 7) is 0. The maximum Gasteiger partial charge on any atom is 0.226 e. The molecule has 4 aromatic heterocycles. The molecule has 5 aromatic rings. The van der Waals surface area contributed by atoms with Gasteiger partial charge in [-0.05, 0) is 24.3 Å². The van der Waals surface area contributed by atoms with E-state index < -0.39 is 5.82 Å². The summed E-state index contributed by atoms with van der Waals surface area (Å²) in [5, 5.41) is 17.0. The van der Waals surface area contributed by atoms with Crippen molar-refractivity contribution < 1.29 is 4.39 Å². The molecule has 1 N–H and O–H groups in total. The molecule has 4 heterocycles. The van der Waals surface area contributed by atoms with Gasteiger partial charge in [-0.3, -0.25) is 4.98 Å². The second-order valence-electron chi connectivity index (χ2n) is 7.08. The lowest BCUT2D eigenvalue weighted by atomic mass is 10.0. The minimum absolute atomic E-state index is 0.0410. The van der Waals surface area contributed by atoms with E-state index in [-0.39, 0.29) is 5.69 Å². The second kappa shape index (κ2) is 8.39. The van der Waals surface area contributed by atoms with Crippen molar-refractivity contribution >= 4 is 11.6 Å². The Morgan fingerprint density at radius 1 is 1.09 bits per heavy atom. The first kappa shape index (κ1) is 20.1. The lowest BCUT2D eigenvalue weighted by molar-refractivity contribution is 0.618. The van der Waals surface area contributed by atoms with Gasteiger partial charge in [0.25, 0.3) is 0 Å². The van der Waals surface area contributed by atoms with Gasteiger partial charge in [-0.2, -0.15) is 9.78 Å². The fourth-order valence-corrected chi connectivity index (χ4v) is 3.54. The van der Waals surface area contributed by atoms with Crippen LogP contribution in [0, 0.1) is 17.1 Å². The van der Waals surface area contributed by atoms with Gasteiger partial charge in [-0.25, -0.2) is 24.3 Å². The van der Waals surface area contributed by atoms with Crippen molar-refractivity contribution in [3.63, 3.8) is 0 Å². The van der Waals surface area contributed by atoms with Crippen LogP contribution in [0.5, 0.6) is 0 Å². The van der Waals surface area contributed by atoms with Gasteiger partial charge in [0.15, 0.2) is 17.3 Å².